The standard InChI is InChI=1S/C14H15Cl2N3O2/c1-19-6-2-3-12(19)13(20)8-17-14(21)18-9-4-5-10(15)11(16)7-9/h2-7,13,20H,8H2,1H3,(H2,17,18,21)/t13-/m0/s1. The number of carbonyl (C=O) groups excluding carboxylic acids is 1. The Balaban J connectivity index is 1.87. The Morgan fingerprint density at radius 2 is 2.10 bits per heavy atom. The molecule has 1 heterocycles. The van der Waals surface area contributed by atoms with Crippen LogP contribution in [0.4, 0.5) is 10.5 Å². The summed E-state index contributed by atoms with van der Waals surface area (Å²) in [4.78, 5) is 11.8. The van der Waals surface area contributed by atoms with Crippen LogP contribution in [-0.4, -0.2) is 22.2 Å². The molecule has 1 atom stereocenters. The normalized spacial score (nSPS) is 12.0. The molecule has 2 amide bonds. The quantitative estimate of drug-likeness (QED) is 0.807. The van der Waals surface area contributed by atoms with Gasteiger partial charge in [-0.2, -0.15) is 0 Å². The van der Waals surface area contributed by atoms with Crippen molar-refractivity contribution >= 4 is 34.9 Å². The molecule has 0 bridgehead atoms. The number of aliphatic hydroxyl groups is 1. The second kappa shape index (κ2) is 6.85. The summed E-state index contributed by atoms with van der Waals surface area (Å²) in [6, 6.07) is 7.98. The van der Waals surface area contributed by atoms with Crippen molar-refractivity contribution in [2.24, 2.45) is 7.05 Å². The molecule has 0 saturated carbocycles. The monoisotopic (exact) mass is 327 g/mol. The maximum atomic E-state index is 11.8. The van der Waals surface area contributed by atoms with Crippen LogP contribution in [0.2, 0.25) is 10.0 Å². The number of benzene rings is 1. The van der Waals surface area contributed by atoms with Gasteiger partial charge in [0.05, 0.1) is 16.6 Å². The van der Waals surface area contributed by atoms with E-state index in [9.17, 15) is 9.90 Å². The average molecular weight is 328 g/mol. The van der Waals surface area contributed by atoms with Gasteiger partial charge in [-0.3, -0.25) is 0 Å². The minimum atomic E-state index is -0.774. The number of aryl methyl sites for hydroxylation is 1. The zero-order valence-electron chi connectivity index (χ0n) is 11.3. The third-order valence-corrected chi connectivity index (χ3v) is 3.70. The van der Waals surface area contributed by atoms with Gasteiger partial charge in [-0.15, -0.1) is 0 Å². The molecule has 0 aliphatic carbocycles. The number of halogens is 2. The molecule has 0 saturated heterocycles. The number of aliphatic hydroxyl groups excluding tert-OH is 1. The first kappa shape index (κ1) is 15.7. The summed E-state index contributed by atoms with van der Waals surface area (Å²) in [5.41, 5.74) is 1.25. The lowest BCUT2D eigenvalue weighted by Gasteiger charge is -2.14. The molecule has 1 aromatic heterocycles. The van der Waals surface area contributed by atoms with Crippen LogP contribution in [0.5, 0.6) is 0 Å². The van der Waals surface area contributed by atoms with E-state index < -0.39 is 12.1 Å². The van der Waals surface area contributed by atoms with E-state index in [2.05, 4.69) is 10.6 Å². The van der Waals surface area contributed by atoms with Crippen molar-refractivity contribution in [2.45, 2.75) is 6.10 Å². The number of aromatic nitrogens is 1. The van der Waals surface area contributed by atoms with E-state index in [1.807, 2.05) is 19.3 Å². The van der Waals surface area contributed by atoms with Gasteiger partial charge in [0.15, 0.2) is 0 Å². The second-order valence-electron chi connectivity index (χ2n) is 4.52. The Morgan fingerprint density at radius 3 is 2.71 bits per heavy atom. The number of urea groups is 1. The molecular formula is C14H15Cl2N3O2. The van der Waals surface area contributed by atoms with Crippen molar-refractivity contribution in [1.82, 2.24) is 9.88 Å². The molecule has 0 aliphatic heterocycles. The Labute approximate surface area is 132 Å². The molecular weight excluding hydrogens is 313 g/mol. The van der Waals surface area contributed by atoms with Crippen molar-refractivity contribution in [2.75, 3.05) is 11.9 Å². The van der Waals surface area contributed by atoms with E-state index in [0.29, 0.717) is 15.7 Å². The lowest BCUT2D eigenvalue weighted by Crippen LogP contribution is -2.32. The van der Waals surface area contributed by atoms with Crippen molar-refractivity contribution in [3.8, 4) is 0 Å². The van der Waals surface area contributed by atoms with Gasteiger partial charge in [0.1, 0.15) is 6.10 Å². The van der Waals surface area contributed by atoms with Crippen LogP contribution < -0.4 is 10.6 Å². The summed E-state index contributed by atoms with van der Waals surface area (Å²) in [6.07, 6.45) is 1.05. The van der Waals surface area contributed by atoms with Crippen LogP contribution in [-0.2, 0) is 7.05 Å². The van der Waals surface area contributed by atoms with Gasteiger partial charge >= 0.3 is 6.03 Å². The van der Waals surface area contributed by atoms with Crippen molar-refractivity contribution in [3.05, 3.63) is 52.3 Å². The first-order valence-electron chi connectivity index (χ1n) is 6.26. The Kier molecular flexibility index (Phi) is 5.12. The maximum absolute atomic E-state index is 11.8. The summed E-state index contributed by atoms with van der Waals surface area (Å²) >= 11 is 11.7. The first-order valence-corrected chi connectivity index (χ1v) is 7.02. The molecule has 3 N–H and O–H groups in total. The molecule has 5 nitrogen and oxygen atoms in total. The highest BCUT2D eigenvalue weighted by atomic mass is 35.5. The van der Waals surface area contributed by atoms with E-state index in [-0.39, 0.29) is 6.54 Å². The van der Waals surface area contributed by atoms with Crippen LogP contribution in [0.3, 0.4) is 0 Å². The summed E-state index contributed by atoms with van der Waals surface area (Å²) < 4.78 is 1.79. The minimum absolute atomic E-state index is 0.102. The van der Waals surface area contributed by atoms with Gasteiger partial charge in [0.2, 0.25) is 0 Å². The highest BCUT2D eigenvalue weighted by molar-refractivity contribution is 6.42. The Morgan fingerprint density at radius 1 is 1.33 bits per heavy atom. The number of nitrogens with one attached hydrogen (secondary N) is 2. The Hall–Kier alpha value is -1.69. The number of hydrogen-bond acceptors (Lipinski definition) is 2. The molecule has 0 radical (unpaired) electrons. The topological polar surface area (TPSA) is 66.3 Å². The molecule has 0 fully saturated rings. The fraction of sp³-hybridized carbons (Fsp3) is 0.214. The summed E-state index contributed by atoms with van der Waals surface area (Å²) in [5, 5.41) is 16.0. The van der Waals surface area contributed by atoms with Gasteiger partial charge in [0, 0.05) is 24.6 Å². The van der Waals surface area contributed by atoms with E-state index in [0.717, 1.165) is 5.69 Å². The number of carbonyl (C=O) groups is 1. The van der Waals surface area contributed by atoms with Gasteiger partial charge < -0.3 is 20.3 Å². The van der Waals surface area contributed by atoms with Gasteiger partial charge in [-0.1, -0.05) is 23.2 Å². The molecule has 2 rings (SSSR count). The van der Waals surface area contributed by atoms with E-state index >= 15 is 0 Å². The second-order valence-corrected chi connectivity index (χ2v) is 5.34. The zero-order chi connectivity index (χ0) is 15.4. The fourth-order valence-electron chi connectivity index (χ4n) is 1.86. The van der Waals surface area contributed by atoms with Crippen LogP contribution >= 0.6 is 23.2 Å². The molecule has 0 unspecified atom stereocenters. The fourth-order valence-corrected chi connectivity index (χ4v) is 2.16. The van der Waals surface area contributed by atoms with Crippen molar-refractivity contribution in [3.63, 3.8) is 0 Å². The largest absolute Gasteiger partial charge is 0.385 e. The third kappa shape index (κ3) is 4.14. The number of nitrogens with zero attached hydrogens (tertiary/aromatic N) is 1. The number of anilines is 1. The van der Waals surface area contributed by atoms with Crippen LogP contribution in [0, 0.1) is 0 Å². The molecule has 2 aromatic rings. The lowest BCUT2D eigenvalue weighted by molar-refractivity contribution is 0.167. The summed E-state index contributed by atoms with van der Waals surface area (Å²) in [5.74, 6) is 0. The van der Waals surface area contributed by atoms with Crippen molar-refractivity contribution in [1.29, 1.82) is 0 Å². The molecule has 21 heavy (non-hydrogen) atoms. The van der Waals surface area contributed by atoms with Crippen LogP contribution in [0.15, 0.2) is 36.5 Å². The molecule has 1 aromatic carbocycles. The molecule has 112 valence electrons. The van der Waals surface area contributed by atoms with E-state index in [4.69, 9.17) is 23.2 Å². The van der Waals surface area contributed by atoms with Crippen molar-refractivity contribution < 1.29 is 9.90 Å². The van der Waals surface area contributed by atoms with Crippen LogP contribution in [0.1, 0.15) is 11.8 Å². The predicted octanol–water partition coefficient (Wildman–Crippen LogP) is 3.19. The highest BCUT2D eigenvalue weighted by Crippen LogP contribution is 2.24. The molecule has 7 heteroatoms. The van der Waals surface area contributed by atoms with Gasteiger partial charge in [-0.25, -0.2) is 4.79 Å². The minimum Gasteiger partial charge on any atom is -0.385 e. The average Bonchev–Trinajstić information content (AvgIpc) is 2.86. The zero-order valence-corrected chi connectivity index (χ0v) is 12.8. The smallest absolute Gasteiger partial charge is 0.319 e. The summed E-state index contributed by atoms with van der Waals surface area (Å²) in [6.45, 7) is 0.102. The number of rotatable bonds is 4. The molecule has 0 spiro atoms. The SMILES string of the molecule is Cn1cccc1[C@@H](O)CNC(=O)Nc1ccc(Cl)c(Cl)c1. The first-order chi connectivity index (χ1) is 9.97. The number of hydrogen-bond donors (Lipinski definition) is 3. The van der Waals surface area contributed by atoms with Crippen LogP contribution in [0.25, 0.3) is 0 Å². The maximum Gasteiger partial charge on any atom is 0.319 e. The predicted molar refractivity (Wildman–Crippen MR) is 83.9 cm³/mol. The third-order valence-electron chi connectivity index (χ3n) is 2.96. The van der Waals surface area contributed by atoms with E-state index in [1.165, 1.54) is 0 Å². The van der Waals surface area contributed by atoms with Gasteiger partial charge in [-0.05, 0) is 30.3 Å². The Bertz CT molecular complexity index is 643. The summed E-state index contributed by atoms with van der Waals surface area (Å²) in [7, 11) is 1.83. The van der Waals surface area contributed by atoms with Gasteiger partial charge in [0.25, 0.3) is 0 Å². The highest BCUT2D eigenvalue weighted by Gasteiger charge is 2.12. The lowest BCUT2D eigenvalue weighted by atomic mass is 10.2. The molecule has 0 aliphatic rings. The van der Waals surface area contributed by atoms with E-state index in [1.54, 1.807) is 28.8 Å². The number of amides is 2.